The first-order valence-electron chi connectivity index (χ1n) is 26.4. The second-order valence-electron chi connectivity index (χ2n) is 26.2. The van der Waals surface area contributed by atoms with E-state index in [1.807, 2.05) is 66.8 Å². The smallest absolute Gasteiger partial charge is 0.294 e. The number of rotatable bonds is 12. The summed E-state index contributed by atoms with van der Waals surface area (Å²) in [7, 11) is -25.0. The third-order valence-corrected chi connectivity index (χ3v) is 27.4. The third kappa shape index (κ3) is 12.1. The molecule has 5 N–H and O–H groups in total. The normalized spacial score (nSPS) is 13.8. The van der Waals surface area contributed by atoms with Crippen LogP contribution in [0.15, 0.2) is 112 Å². The van der Waals surface area contributed by atoms with Gasteiger partial charge in [-0.2, -0.15) is 25.3 Å². The Balaban J connectivity index is 1.57. The molecule has 9 rings (SSSR count). The minimum atomic E-state index is -4.73. The molecule has 5 heterocycles. The van der Waals surface area contributed by atoms with Crippen molar-refractivity contribution in [3.8, 4) is 44.5 Å². The van der Waals surface area contributed by atoms with Gasteiger partial charge in [0.05, 0.1) is 77.8 Å². The van der Waals surface area contributed by atoms with Crippen LogP contribution in [0.4, 0.5) is 0 Å². The first kappa shape index (κ1) is 58.9. The van der Waals surface area contributed by atoms with E-state index >= 15 is 0 Å². The number of benzene rings is 4. The van der Waals surface area contributed by atoms with E-state index in [2.05, 4.69) is 126 Å². The third-order valence-electron chi connectivity index (χ3n) is 14.8. The number of aromatic amines is 2. The molecular weight excluding hydrogens is 1150 g/mol. The highest BCUT2D eigenvalue weighted by molar-refractivity contribution is 7.86. The quantitative estimate of drug-likeness (QED) is 0.0572. The van der Waals surface area contributed by atoms with E-state index in [1.54, 1.807) is 12.1 Å². The van der Waals surface area contributed by atoms with Crippen LogP contribution < -0.4 is 25.9 Å². The van der Waals surface area contributed by atoms with Crippen LogP contribution >= 0.6 is 0 Å². The van der Waals surface area contributed by atoms with Gasteiger partial charge in [0.15, 0.2) is 0 Å². The summed E-state index contributed by atoms with van der Waals surface area (Å²) in [6, 6.07) is 29.3. The van der Waals surface area contributed by atoms with Gasteiger partial charge in [0.2, 0.25) is 0 Å². The van der Waals surface area contributed by atoms with E-state index in [-0.39, 0.29) is 14.7 Å². The van der Waals surface area contributed by atoms with E-state index in [4.69, 9.17) is 9.97 Å². The highest BCUT2D eigenvalue weighted by Gasteiger charge is 2.30. The fourth-order valence-electron chi connectivity index (χ4n) is 10.0. The summed E-state index contributed by atoms with van der Waals surface area (Å²) in [5, 5.41) is 4.84. The molecule has 0 fully saturated rings. The van der Waals surface area contributed by atoms with Gasteiger partial charge in [-0.05, 0) is 107 Å². The first-order chi connectivity index (χ1) is 36.6. The van der Waals surface area contributed by atoms with Gasteiger partial charge in [0, 0.05) is 44.3 Å². The van der Waals surface area contributed by atoms with Gasteiger partial charge in [-0.25, -0.2) is 9.97 Å². The Labute approximate surface area is 475 Å². The fraction of sp³-hybridized carbons (Fsp3) is 0.254. The van der Waals surface area contributed by atoms with E-state index < -0.39 is 70.7 Å². The van der Waals surface area contributed by atoms with E-state index in [0.29, 0.717) is 78.2 Å². The minimum absolute atomic E-state index is 0.258. The van der Waals surface area contributed by atoms with Gasteiger partial charge < -0.3 is 9.97 Å². The summed E-state index contributed by atoms with van der Waals surface area (Å²) in [5.74, 6) is 0. The molecule has 0 aliphatic carbocycles. The molecule has 13 nitrogen and oxygen atoms in total. The molecule has 4 aromatic carbocycles. The second-order valence-corrected chi connectivity index (χ2v) is 55.9. The summed E-state index contributed by atoms with van der Waals surface area (Å²) >= 11 is 0. The lowest BCUT2D eigenvalue weighted by Crippen LogP contribution is -2.45. The van der Waals surface area contributed by atoms with Crippen molar-refractivity contribution in [2.45, 2.75) is 113 Å². The molecule has 0 saturated heterocycles. The van der Waals surface area contributed by atoms with Crippen molar-refractivity contribution >= 4 is 143 Å². The van der Waals surface area contributed by atoms with Gasteiger partial charge >= 0.3 is 0 Å². The summed E-state index contributed by atoms with van der Waals surface area (Å²) in [6.07, 6.45) is 7.51. The van der Waals surface area contributed by atoms with Crippen molar-refractivity contribution < 1.29 is 38.9 Å². The van der Waals surface area contributed by atoms with Crippen LogP contribution in [0.5, 0.6) is 0 Å². The molecule has 0 spiro atoms. The molecule has 2 aliphatic heterocycles. The van der Waals surface area contributed by atoms with Gasteiger partial charge in [0.25, 0.3) is 30.4 Å². The SMILES string of the molecule is C[Si](C)(C)c1cc(-c2c3nc(c(-c4cc([Si](C)(C)C)cc(S(=O)(=O)O)c4)c4ccc([nH]4)c(-c4cc([Si](C)(C)C)cc(S(=O)(=O)O)c4)c4nc(c(-c5cc([Si](C)(C)C)cc(S(=O)(=O)O)c5)c5ccc2[nH]5)C=C4)C=C3)cc([Si](C)(C)C)c1. The van der Waals surface area contributed by atoms with Crippen LogP contribution in [-0.2, 0) is 30.4 Å². The molecule has 2 aliphatic rings. The number of nitrogens with one attached hydrogen (secondary N) is 2. The van der Waals surface area contributed by atoms with Crippen molar-refractivity contribution in [3.63, 3.8) is 0 Å². The summed E-state index contributed by atoms with van der Waals surface area (Å²) in [5.41, 5.74) is 8.83. The number of nitrogens with zero attached hydrogens (tertiary/aromatic N) is 2. The molecule has 21 heteroatoms. The number of H-pyrrole nitrogens is 2. The molecular formula is C59H70N4O9S3Si5. The van der Waals surface area contributed by atoms with E-state index in [0.717, 1.165) is 26.7 Å². The Morgan fingerprint density at radius 2 is 0.512 bits per heavy atom. The van der Waals surface area contributed by atoms with Crippen LogP contribution in [0.25, 0.3) is 90.9 Å². The van der Waals surface area contributed by atoms with Crippen molar-refractivity contribution in [2.75, 3.05) is 0 Å². The van der Waals surface area contributed by atoms with Crippen LogP contribution in [0.1, 0.15) is 22.8 Å². The van der Waals surface area contributed by atoms with Crippen molar-refractivity contribution in [2.24, 2.45) is 0 Å². The zero-order valence-electron chi connectivity index (χ0n) is 48.0. The second kappa shape index (κ2) is 20.0. The predicted molar refractivity (Wildman–Crippen MR) is 345 cm³/mol. The zero-order valence-corrected chi connectivity index (χ0v) is 55.4. The molecule has 80 heavy (non-hydrogen) atoms. The topological polar surface area (TPSA) is 220 Å². The maximum Gasteiger partial charge on any atom is 0.294 e. The Morgan fingerprint density at radius 1 is 0.312 bits per heavy atom. The average Bonchev–Trinajstić information content (AvgIpc) is 4.17. The number of hydrogen-bond donors (Lipinski definition) is 5. The minimum Gasteiger partial charge on any atom is -0.354 e. The Hall–Kier alpha value is -5.71. The molecule has 8 bridgehead atoms. The highest BCUT2D eigenvalue weighted by atomic mass is 32.2. The van der Waals surface area contributed by atoms with Gasteiger partial charge in [-0.15, -0.1) is 0 Å². The van der Waals surface area contributed by atoms with E-state index in [9.17, 15) is 38.9 Å². The monoisotopic (exact) mass is 1210 g/mol. The van der Waals surface area contributed by atoms with Crippen molar-refractivity contribution in [1.82, 2.24) is 19.9 Å². The molecule has 0 atom stereocenters. The van der Waals surface area contributed by atoms with Gasteiger partial charge in [0.1, 0.15) is 0 Å². The predicted octanol–water partition coefficient (Wildman–Crippen LogP) is 11.8. The Bertz CT molecular complexity index is 4240. The molecule has 418 valence electrons. The molecule has 0 saturated carbocycles. The molecule has 0 radical (unpaired) electrons. The average molecular weight is 1220 g/mol. The number of fused-ring (bicyclic) bond motifs is 8. The number of aromatic nitrogens is 4. The largest absolute Gasteiger partial charge is 0.354 e. The molecule has 0 amide bonds. The zero-order chi connectivity index (χ0) is 58.8. The summed E-state index contributed by atoms with van der Waals surface area (Å²) < 4.78 is 111. The standard InChI is InChI=1S/C59H70N4O9S3Si5/c1-76(2,3)43-27-36(24-40(32-43)73(64,65)66)56-48-16-18-50(60-48)57(37-25-41(74(67,68)69)33-44(28-37)77(4,5)6)52-20-22-54(62-52)59(39-30-46(79(10,11)12)35-47(31-39)80(13,14)15)55-23-21-53(63-55)58(51-19-17-49(56)61-51)38-26-42(75(70,71)72)34-45(29-38)78(7,8)9/h16-35,60,63H,1-15H3,(H,64,65,66)(H,67,68,69)(H,70,71,72). The molecule has 0 unspecified atom stereocenters. The molecule has 7 aromatic rings. The lowest BCUT2D eigenvalue weighted by atomic mass is 10.0. The van der Waals surface area contributed by atoms with Gasteiger partial charge in [-0.1, -0.05) is 161 Å². The lowest BCUT2D eigenvalue weighted by Gasteiger charge is -2.24. The maximum absolute atomic E-state index is 13.2. The Kier molecular flexibility index (Phi) is 14.8. The fourth-order valence-corrected chi connectivity index (χ4v) is 18.0. The highest BCUT2D eigenvalue weighted by Crippen LogP contribution is 2.40. The Morgan fingerprint density at radius 3 is 0.713 bits per heavy atom. The lowest BCUT2D eigenvalue weighted by molar-refractivity contribution is 0.481. The number of hydrogen-bond acceptors (Lipinski definition) is 8. The first-order valence-corrected chi connectivity index (χ1v) is 48.2. The van der Waals surface area contributed by atoms with Crippen LogP contribution in [0.2, 0.25) is 98.2 Å². The van der Waals surface area contributed by atoms with Gasteiger partial charge in [-0.3, -0.25) is 13.7 Å². The summed E-state index contributed by atoms with van der Waals surface area (Å²) in [4.78, 5) is 17.5. The van der Waals surface area contributed by atoms with Crippen LogP contribution in [-0.4, -0.2) is 99.2 Å². The van der Waals surface area contributed by atoms with Crippen molar-refractivity contribution in [1.29, 1.82) is 0 Å². The van der Waals surface area contributed by atoms with Crippen LogP contribution in [0, 0.1) is 0 Å². The van der Waals surface area contributed by atoms with Crippen molar-refractivity contribution in [3.05, 3.63) is 120 Å². The van der Waals surface area contributed by atoms with E-state index in [1.165, 1.54) is 34.6 Å². The maximum atomic E-state index is 13.2. The van der Waals surface area contributed by atoms with Crippen LogP contribution in [0.3, 0.4) is 0 Å². The molecule has 3 aromatic heterocycles. The summed E-state index contributed by atoms with van der Waals surface area (Å²) in [6.45, 7) is 32.8.